The van der Waals surface area contributed by atoms with Crippen molar-refractivity contribution in [1.29, 1.82) is 0 Å². The smallest absolute Gasteiger partial charge is 0.294 e. The average molecular weight is 360 g/mol. The lowest BCUT2D eigenvalue weighted by Crippen LogP contribution is -2.18. The molecule has 0 heterocycles. The molecule has 122 valence electrons. The summed E-state index contributed by atoms with van der Waals surface area (Å²) in [5.74, 6) is -0.614. The predicted octanol–water partition coefficient (Wildman–Crippen LogP) is 3.04. The molecule has 0 saturated carbocycles. The Morgan fingerprint density at radius 1 is 1.22 bits per heavy atom. The number of hydrogen-bond acceptors (Lipinski definition) is 5. The minimum absolute atomic E-state index is 0.00622. The molecular weight excluding hydrogens is 349 g/mol. The van der Waals surface area contributed by atoms with Crippen molar-refractivity contribution in [1.82, 2.24) is 4.72 Å². The van der Waals surface area contributed by atoms with E-state index in [-0.39, 0.29) is 21.3 Å². The first kappa shape index (κ1) is 17.1. The predicted molar refractivity (Wildman–Crippen MR) is 84.0 cm³/mol. The van der Waals surface area contributed by atoms with Crippen molar-refractivity contribution in [3.8, 4) is 0 Å². The third-order valence-electron chi connectivity index (χ3n) is 2.89. The van der Waals surface area contributed by atoms with Crippen molar-refractivity contribution in [3.05, 3.63) is 57.4 Å². The summed E-state index contributed by atoms with van der Waals surface area (Å²) in [6.07, 6.45) is 0. The molecule has 0 fully saturated rings. The summed E-state index contributed by atoms with van der Waals surface area (Å²) in [6.45, 7) is 0. The fourth-order valence-electron chi connectivity index (χ4n) is 1.83. The molecular formula is C13H11ClFN3O4S. The van der Waals surface area contributed by atoms with Crippen LogP contribution >= 0.6 is 11.6 Å². The fourth-order valence-corrected chi connectivity index (χ4v) is 2.81. The van der Waals surface area contributed by atoms with Gasteiger partial charge in [0, 0.05) is 16.8 Å². The first-order valence-electron chi connectivity index (χ1n) is 6.18. The topological polar surface area (TPSA) is 101 Å². The van der Waals surface area contributed by atoms with Gasteiger partial charge in [-0.05, 0) is 37.4 Å². The van der Waals surface area contributed by atoms with Crippen molar-refractivity contribution in [2.75, 3.05) is 12.4 Å². The molecule has 0 spiro atoms. The van der Waals surface area contributed by atoms with Crippen LogP contribution < -0.4 is 10.0 Å². The molecule has 10 heteroatoms. The van der Waals surface area contributed by atoms with Crippen LogP contribution in [-0.2, 0) is 10.0 Å². The van der Waals surface area contributed by atoms with E-state index in [1.54, 1.807) is 0 Å². The second kappa shape index (κ2) is 6.49. The van der Waals surface area contributed by atoms with Gasteiger partial charge in [-0.1, -0.05) is 11.6 Å². The summed E-state index contributed by atoms with van der Waals surface area (Å²) in [5.41, 5.74) is -0.268. The van der Waals surface area contributed by atoms with Crippen LogP contribution in [0.2, 0.25) is 5.02 Å². The standard InChI is InChI=1S/C13H11ClFN3O4S/c1-16-23(21,22)11-2-3-12(13(7-11)18(19)20)17-10-5-8(14)4-9(15)6-10/h2-7,16-17H,1H3. The summed E-state index contributed by atoms with van der Waals surface area (Å²) in [7, 11) is -2.62. The molecule has 2 aromatic carbocycles. The number of rotatable bonds is 5. The Kier molecular flexibility index (Phi) is 4.83. The molecule has 2 aromatic rings. The van der Waals surface area contributed by atoms with Gasteiger partial charge in [-0.2, -0.15) is 0 Å². The number of hydrogen-bond donors (Lipinski definition) is 2. The molecule has 2 rings (SSSR count). The maximum atomic E-state index is 13.3. The highest BCUT2D eigenvalue weighted by Crippen LogP contribution is 2.31. The number of anilines is 2. The molecule has 0 saturated heterocycles. The Morgan fingerprint density at radius 2 is 1.91 bits per heavy atom. The van der Waals surface area contributed by atoms with Crippen molar-refractivity contribution in [2.45, 2.75) is 4.90 Å². The highest BCUT2D eigenvalue weighted by atomic mass is 35.5. The van der Waals surface area contributed by atoms with E-state index in [2.05, 4.69) is 10.0 Å². The molecule has 2 N–H and O–H groups in total. The van der Waals surface area contributed by atoms with E-state index in [0.717, 1.165) is 18.2 Å². The molecule has 0 aromatic heterocycles. The molecule has 0 bridgehead atoms. The Hall–Kier alpha value is -2.23. The second-order valence-corrected chi connectivity index (χ2v) is 6.75. The number of nitrogens with one attached hydrogen (secondary N) is 2. The van der Waals surface area contributed by atoms with Crippen LogP contribution in [0.4, 0.5) is 21.5 Å². The Balaban J connectivity index is 2.48. The number of nitro benzene ring substituents is 1. The van der Waals surface area contributed by atoms with Gasteiger partial charge in [0.1, 0.15) is 11.5 Å². The third kappa shape index (κ3) is 3.95. The minimum Gasteiger partial charge on any atom is -0.350 e. The van der Waals surface area contributed by atoms with Gasteiger partial charge in [0.25, 0.3) is 5.69 Å². The van der Waals surface area contributed by atoms with Gasteiger partial charge in [-0.25, -0.2) is 17.5 Å². The van der Waals surface area contributed by atoms with E-state index < -0.39 is 26.5 Å². The number of halogens is 2. The van der Waals surface area contributed by atoms with Gasteiger partial charge in [0.15, 0.2) is 0 Å². The lowest BCUT2D eigenvalue weighted by Gasteiger charge is -2.09. The molecule has 0 aliphatic rings. The largest absolute Gasteiger partial charge is 0.350 e. The lowest BCUT2D eigenvalue weighted by molar-refractivity contribution is -0.384. The first-order valence-corrected chi connectivity index (χ1v) is 8.04. The zero-order valence-corrected chi connectivity index (χ0v) is 13.3. The highest BCUT2D eigenvalue weighted by molar-refractivity contribution is 7.89. The molecule has 7 nitrogen and oxygen atoms in total. The number of benzene rings is 2. The quantitative estimate of drug-likeness (QED) is 0.631. The molecule has 0 atom stereocenters. The van der Waals surface area contributed by atoms with Crippen LogP contribution in [0.25, 0.3) is 0 Å². The van der Waals surface area contributed by atoms with Crippen LogP contribution in [0.1, 0.15) is 0 Å². The average Bonchev–Trinajstić information content (AvgIpc) is 2.46. The van der Waals surface area contributed by atoms with Crippen LogP contribution in [-0.4, -0.2) is 20.4 Å². The zero-order chi connectivity index (χ0) is 17.2. The third-order valence-corrected chi connectivity index (χ3v) is 4.52. The van der Waals surface area contributed by atoms with E-state index in [9.17, 15) is 22.9 Å². The van der Waals surface area contributed by atoms with Crippen molar-refractivity contribution < 1.29 is 17.7 Å². The number of sulfonamides is 1. The van der Waals surface area contributed by atoms with E-state index in [4.69, 9.17) is 11.6 Å². The van der Waals surface area contributed by atoms with Crippen molar-refractivity contribution in [2.24, 2.45) is 0 Å². The van der Waals surface area contributed by atoms with Gasteiger partial charge in [-0.3, -0.25) is 10.1 Å². The fraction of sp³-hybridized carbons (Fsp3) is 0.0769. The first-order chi connectivity index (χ1) is 10.7. The molecule has 0 radical (unpaired) electrons. The van der Waals surface area contributed by atoms with Crippen LogP contribution in [0, 0.1) is 15.9 Å². The summed E-state index contributed by atoms with van der Waals surface area (Å²) in [6, 6.07) is 6.91. The molecule has 23 heavy (non-hydrogen) atoms. The van der Waals surface area contributed by atoms with Crippen LogP contribution in [0.3, 0.4) is 0 Å². The van der Waals surface area contributed by atoms with Gasteiger partial charge >= 0.3 is 0 Å². The Morgan fingerprint density at radius 3 is 2.48 bits per heavy atom. The Bertz CT molecular complexity index is 853. The van der Waals surface area contributed by atoms with E-state index in [1.807, 2.05) is 0 Å². The summed E-state index contributed by atoms with van der Waals surface area (Å²) in [5, 5.41) is 13.9. The van der Waals surface area contributed by atoms with Crippen molar-refractivity contribution in [3.63, 3.8) is 0 Å². The molecule has 0 amide bonds. The summed E-state index contributed by atoms with van der Waals surface area (Å²) >= 11 is 5.72. The van der Waals surface area contributed by atoms with E-state index in [1.165, 1.54) is 25.2 Å². The minimum atomic E-state index is -3.82. The SMILES string of the molecule is CNS(=O)(=O)c1ccc(Nc2cc(F)cc(Cl)c2)c([N+](=O)[O-])c1. The second-order valence-electron chi connectivity index (χ2n) is 4.43. The molecule has 0 unspecified atom stereocenters. The van der Waals surface area contributed by atoms with Crippen LogP contribution in [0.15, 0.2) is 41.3 Å². The monoisotopic (exact) mass is 359 g/mol. The maximum absolute atomic E-state index is 13.3. The van der Waals surface area contributed by atoms with Gasteiger partial charge in [0.05, 0.1) is 9.82 Å². The van der Waals surface area contributed by atoms with E-state index in [0.29, 0.717) is 0 Å². The van der Waals surface area contributed by atoms with Crippen molar-refractivity contribution >= 4 is 38.7 Å². The van der Waals surface area contributed by atoms with Crippen LogP contribution in [0.5, 0.6) is 0 Å². The summed E-state index contributed by atoms with van der Waals surface area (Å²) < 4.78 is 38.8. The zero-order valence-electron chi connectivity index (χ0n) is 11.7. The number of nitrogens with zero attached hydrogens (tertiary/aromatic N) is 1. The van der Waals surface area contributed by atoms with Gasteiger partial charge < -0.3 is 5.32 Å². The summed E-state index contributed by atoms with van der Waals surface area (Å²) in [4.78, 5) is 10.2. The van der Waals surface area contributed by atoms with E-state index >= 15 is 0 Å². The number of nitro groups is 1. The highest BCUT2D eigenvalue weighted by Gasteiger charge is 2.20. The normalized spacial score (nSPS) is 11.3. The lowest BCUT2D eigenvalue weighted by atomic mass is 10.2. The molecule has 0 aliphatic carbocycles. The van der Waals surface area contributed by atoms with Gasteiger partial charge in [0.2, 0.25) is 10.0 Å². The van der Waals surface area contributed by atoms with Gasteiger partial charge in [-0.15, -0.1) is 0 Å². The molecule has 0 aliphatic heterocycles. The maximum Gasteiger partial charge on any atom is 0.294 e. The Labute approximate surface area is 136 Å².